The van der Waals surface area contributed by atoms with E-state index in [4.69, 9.17) is 25.2 Å². The molecule has 4 fully saturated rings. The minimum absolute atomic E-state index is 0. The van der Waals surface area contributed by atoms with Crippen molar-refractivity contribution in [2.75, 3.05) is 19.8 Å². The molecular weight excluding hydrogens is 1040 g/mol. The van der Waals surface area contributed by atoms with Crippen LogP contribution in [-0.2, 0) is 41.7 Å². The third kappa shape index (κ3) is 57.8. The summed E-state index contributed by atoms with van der Waals surface area (Å²) in [6.45, 7) is 20.1. The summed E-state index contributed by atoms with van der Waals surface area (Å²) in [5.41, 5.74) is 5.68. The van der Waals surface area contributed by atoms with Gasteiger partial charge in [-0.3, -0.25) is 0 Å². The maximum Gasteiger partial charge on any atom is 1.00 e. The molecule has 3 saturated carbocycles. The Morgan fingerprint density at radius 2 is 0.975 bits per heavy atom. The Hall–Kier alpha value is -3.78. The van der Waals surface area contributed by atoms with E-state index in [0.29, 0.717) is 23.2 Å². The van der Waals surface area contributed by atoms with Crippen molar-refractivity contribution in [2.45, 2.75) is 226 Å². The minimum Gasteiger partial charge on any atom is -0.870 e. The Kier molecular flexibility index (Phi) is 65.9. The van der Waals surface area contributed by atoms with E-state index < -0.39 is 10.7 Å². The monoisotopic (exact) mass is 1150 g/mol. The Morgan fingerprint density at radius 3 is 1.17 bits per heavy atom. The van der Waals surface area contributed by atoms with Gasteiger partial charge in [0, 0.05) is 26.2 Å². The molecule has 1 atom stereocenters. The molecule has 5 aromatic carbocycles. The summed E-state index contributed by atoms with van der Waals surface area (Å²) in [6.07, 6.45) is 31.1. The second-order valence-electron chi connectivity index (χ2n) is 20.2. The first-order chi connectivity index (χ1) is 38.3. The molecule has 11 heteroatoms. The molecule has 9 rings (SSSR count). The van der Waals surface area contributed by atoms with E-state index in [1.165, 1.54) is 107 Å². The molecule has 5 N–H and O–H groups in total. The van der Waals surface area contributed by atoms with Gasteiger partial charge in [0.15, 0.2) is 0 Å². The average molecular weight is 1150 g/mol. The van der Waals surface area contributed by atoms with Crippen LogP contribution in [0.1, 0.15) is 230 Å². The Balaban J connectivity index is -0.000000405. The summed E-state index contributed by atoms with van der Waals surface area (Å²) >= 11 is 0. The molecular formula is C70H110NaO9S-. The van der Waals surface area contributed by atoms with Gasteiger partial charge in [0.2, 0.25) is 0 Å². The number of Topliss-reactive ketones (excluding diaryl/α,β-unsaturated/α-hetero) is 1. The molecule has 4 aliphatic rings. The van der Waals surface area contributed by atoms with Crippen LogP contribution in [0.4, 0.5) is 0 Å². The maximum atomic E-state index is 10.4. The van der Waals surface area contributed by atoms with Crippen molar-refractivity contribution in [3.63, 3.8) is 0 Å². The van der Waals surface area contributed by atoms with Crippen LogP contribution in [0.3, 0.4) is 0 Å². The smallest absolute Gasteiger partial charge is 0.870 e. The van der Waals surface area contributed by atoms with Gasteiger partial charge in [-0.15, -0.1) is 0 Å². The number of aryl methyl sites for hydroxylation is 1. The molecule has 0 radical (unpaired) electrons. The first kappa shape index (κ1) is 83.7. The molecule has 1 unspecified atom stereocenters. The van der Waals surface area contributed by atoms with Crippen molar-refractivity contribution in [2.24, 2.45) is 0 Å². The predicted molar refractivity (Wildman–Crippen MR) is 339 cm³/mol. The molecule has 5 aromatic rings. The summed E-state index contributed by atoms with van der Waals surface area (Å²) in [5, 5.41) is 34.4. The summed E-state index contributed by atoms with van der Waals surface area (Å²) in [7, 11) is -2.09. The third-order valence-corrected chi connectivity index (χ3v) is 13.3. The molecule has 1 aliphatic heterocycles. The fourth-order valence-electron chi connectivity index (χ4n) is 7.52. The molecule has 1 saturated heterocycles. The topological polar surface area (TPSA) is 171 Å². The molecule has 0 aromatic heterocycles. The number of unbranched alkanes of at least 4 members (excludes halogenated alkanes) is 2. The fraction of sp³-hybridized carbons (Fsp3) is 0.529. The second-order valence-corrected chi connectivity index (χ2v) is 21.1. The largest absolute Gasteiger partial charge is 1.00 e. The van der Waals surface area contributed by atoms with Crippen molar-refractivity contribution >= 4 is 22.6 Å². The minimum atomic E-state index is -2.09. The summed E-state index contributed by atoms with van der Waals surface area (Å²) in [4.78, 5) is 10.6. The number of aliphatic hydroxyl groups excluding tert-OH is 4. The quantitative estimate of drug-likeness (QED) is 0.0742. The van der Waals surface area contributed by atoms with Gasteiger partial charge in [0.05, 0.1) is 18.8 Å². The van der Waals surface area contributed by atoms with E-state index >= 15 is 0 Å². The van der Waals surface area contributed by atoms with Crippen molar-refractivity contribution in [1.29, 1.82) is 0 Å². The van der Waals surface area contributed by atoms with Gasteiger partial charge >= 0.3 is 29.6 Å². The molecule has 452 valence electrons. The number of rotatable bonds is 11. The van der Waals surface area contributed by atoms with Crippen LogP contribution >= 0.6 is 0 Å². The van der Waals surface area contributed by atoms with Gasteiger partial charge in [-0.1, -0.05) is 294 Å². The van der Waals surface area contributed by atoms with E-state index in [1.807, 2.05) is 122 Å². The van der Waals surface area contributed by atoms with E-state index in [2.05, 4.69) is 58.5 Å². The van der Waals surface area contributed by atoms with Crippen LogP contribution in [0, 0.1) is 0 Å². The fourth-order valence-corrected chi connectivity index (χ4v) is 7.88. The molecule has 3 aliphatic carbocycles. The molecule has 0 bridgehead atoms. The standard InChI is InChI=1S/C9H12.C8H9O2S.C8H10O.C8H8.C7H8O.C6H12O.C6H12.C5H10O.C5H10.C4H8O.C4H10O.Na.H2O/c1-8(2)9-6-4-3-5-7-9;1-2-7-3-5-8(6-4-7)11(9)10;1-7(9)8-5-3-2-4-6-8;1-2-8-6-4-3-5-7-8;8-6-7-4-2-1-3-5-7;1-3-4-5-6(2)7;1-2-4-6-5-3-1;6-5-3-1-2-4-5;2*1-2-4-5-3-1;1-2-3-4-5;;/h3-8H,1-2H3;3-6H,2H2,1H3;2-7,9H,1H3;2-7H,1H2;1-5,8H,6H2;3-5H2,1-2H3;1-6H2;5-6H,1-4H2;1-5H2;1-4H2;5H,2-4H2,1H3;;1H2/q;-1;;;;;;;;;;+1;/p-1. The molecule has 1 heterocycles. The molecule has 0 spiro atoms. The normalized spacial score (nSPS) is 13.6. The van der Waals surface area contributed by atoms with E-state index in [9.17, 15) is 13.2 Å². The molecule has 9 nitrogen and oxygen atoms in total. The van der Waals surface area contributed by atoms with Gasteiger partial charge in [0.25, 0.3) is 0 Å². The number of ether oxygens (including phenoxy) is 1. The van der Waals surface area contributed by atoms with E-state index in [0.717, 1.165) is 81.3 Å². The van der Waals surface area contributed by atoms with Gasteiger partial charge in [0.1, 0.15) is 5.78 Å². The van der Waals surface area contributed by atoms with Crippen LogP contribution in [0.25, 0.3) is 6.08 Å². The number of hydrogen-bond acceptors (Lipinski definition) is 10. The number of carbonyl (C=O) groups is 1. The Labute approximate surface area is 518 Å². The number of hydrogen-bond donors (Lipinski definition) is 4. The van der Waals surface area contributed by atoms with Gasteiger partial charge in [-0.25, -0.2) is 0 Å². The summed E-state index contributed by atoms with van der Waals surface area (Å²) in [6, 6.07) is 46.5. The van der Waals surface area contributed by atoms with Crippen LogP contribution in [0.5, 0.6) is 0 Å². The van der Waals surface area contributed by atoms with E-state index in [1.54, 1.807) is 26.0 Å². The Bertz CT molecular complexity index is 2000. The summed E-state index contributed by atoms with van der Waals surface area (Å²) in [5.74, 6) is 0.966. The maximum absolute atomic E-state index is 10.4. The molecule has 81 heavy (non-hydrogen) atoms. The van der Waals surface area contributed by atoms with Crippen molar-refractivity contribution in [3.05, 3.63) is 180 Å². The van der Waals surface area contributed by atoms with Crippen LogP contribution in [0.15, 0.2) is 157 Å². The zero-order valence-corrected chi connectivity index (χ0v) is 54.6. The van der Waals surface area contributed by atoms with Crippen molar-refractivity contribution in [1.82, 2.24) is 0 Å². The molecule has 0 amide bonds. The summed E-state index contributed by atoms with van der Waals surface area (Å²) < 4.78 is 25.7. The van der Waals surface area contributed by atoms with Gasteiger partial charge in [-0.05, 0) is 103 Å². The third-order valence-electron chi connectivity index (χ3n) is 12.6. The first-order valence-electron chi connectivity index (χ1n) is 29.9. The SMILES string of the molecule is C1CCCC1.C1CCCCC1.C1CCOC1.C=Cc1ccccc1.CC(C)c1ccccc1.CC(O)c1ccccc1.CCCCC(C)=O.CCCCO.CCc1ccc([S-](=O)=O)cc1.OC1CCCC1.OCc1ccccc1.[Na+].[OH-]. The zero-order chi connectivity index (χ0) is 58.8. The number of carbonyl (C=O) groups excluding carboxylic acids is 1. The Morgan fingerprint density at radius 1 is 0.580 bits per heavy atom. The zero-order valence-electron chi connectivity index (χ0n) is 51.7. The number of ketones is 1. The van der Waals surface area contributed by atoms with Crippen molar-refractivity contribution in [3.8, 4) is 0 Å². The van der Waals surface area contributed by atoms with Crippen molar-refractivity contribution < 1.29 is 73.4 Å². The van der Waals surface area contributed by atoms with Crippen LogP contribution < -0.4 is 29.6 Å². The van der Waals surface area contributed by atoms with Crippen LogP contribution in [0.2, 0.25) is 0 Å². The van der Waals surface area contributed by atoms with E-state index in [-0.39, 0.29) is 53.8 Å². The van der Waals surface area contributed by atoms with Gasteiger partial charge < -0.3 is 43.9 Å². The number of aliphatic hydroxyl groups is 4. The van der Waals surface area contributed by atoms with Crippen LogP contribution in [-0.4, -0.2) is 57.6 Å². The number of benzene rings is 5. The predicted octanol–water partition coefficient (Wildman–Crippen LogP) is 15.4. The first-order valence-corrected chi connectivity index (χ1v) is 31.0. The van der Waals surface area contributed by atoms with Gasteiger partial charge in [-0.2, -0.15) is 0 Å². The second kappa shape index (κ2) is 63.8. The average Bonchev–Trinajstić information content (AvgIpc) is 4.37.